The second-order valence-electron chi connectivity index (χ2n) is 9.11. The molecule has 168 valence electrons. The third-order valence-corrected chi connectivity index (χ3v) is 6.92. The van der Waals surface area contributed by atoms with Crippen molar-refractivity contribution >= 4 is 28.3 Å². The highest BCUT2D eigenvalue weighted by Gasteiger charge is 2.25. The first-order valence-electron chi connectivity index (χ1n) is 11.4. The molecular weight excluding hydrogens is 423 g/mol. The topological polar surface area (TPSA) is 32.3 Å². The van der Waals surface area contributed by atoms with Gasteiger partial charge in [0.1, 0.15) is 5.82 Å². The molecule has 0 aliphatic carbocycles. The summed E-state index contributed by atoms with van der Waals surface area (Å²) >= 11 is 5.81. The van der Waals surface area contributed by atoms with E-state index in [1.54, 1.807) is 0 Å². The van der Waals surface area contributed by atoms with Crippen LogP contribution in [0.1, 0.15) is 67.1 Å². The Hall–Kier alpha value is -2.43. The molecule has 1 heterocycles. The molecular formula is C27H30ClFN2O. The lowest BCUT2D eigenvalue weighted by atomic mass is 9.95. The molecule has 0 spiro atoms. The number of carbonyl (C=O) groups is 1. The summed E-state index contributed by atoms with van der Waals surface area (Å²) in [4.78, 5) is 15.0. The molecule has 0 saturated carbocycles. The Morgan fingerprint density at radius 2 is 1.59 bits per heavy atom. The van der Waals surface area contributed by atoms with Crippen molar-refractivity contribution in [3.8, 4) is 0 Å². The highest BCUT2D eigenvalue weighted by molar-refractivity contribution is 6.31. The smallest absolute Gasteiger partial charge is 0.251 e. The largest absolute Gasteiger partial charge is 0.349 e. The van der Waals surface area contributed by atoms with E-state index in [1.165, 1.54) is 40.1 Å². The van der Waals surface area contributed by atoms with E-state index in [4.69, 9.17) is 11.6 Å². The number of carbonyl (C=O) groups excluding carboxylic acids is 1. The maximum absolute atomic E-state index is 13.3. The number of halogens is 2. The van der Waals surface area contributed by atoms with Gasteiger partial charge in [-0.2, -0.15) is 0 Å². The minimum absolute atomic E-state index is 0.0305. The second-order valence-corrected chi connectivity index (χ2v) is 9.52. The zero-order valence-corrected chi connectivity index (χ0v) is 19.6. The zero-order valence-electron chi connectivity index (χ0n) is 18.9. The average molecular weight is 453 g/mol. The number of likely N-dealkylation sites (tertiary alicyclic amines) is 1. The van der Waals surface area contributed by atoms with Crippen LogP contribution in [-0.2, 0) is 0 Å². The van der Waals surface area contributed by atoms with Gasteiger partial charge in [-0.25, -0.2) is 4.39 Å². The summed E-state index contributed by atoms with van der Waals surface area (Å²) in [6.07, 6.45) is 1.77. The number of benzene rings is 3. The first kappa shape index (κ1) is 22.8. The Kier molecular flexibility index (Phi) is 6.82. The highest BCUT2D eigenvalue weighted by atomic mass is 35.5. The highest BCUT2D eigenvalue weighted by Crippen LogP contribution is 2.29. The van der Waals surface area contributed by atoms with E-state index < -0.39 is 5.82 Å². The molecule has 32 heavy (non-hydrogen) atoms. The normalized spacial score (nSPS) is 16.4. The fraction of sp³-hybridized carbons (Fsp3) is 0.370. The monoisotopic (exact) mass is 452 g/mol. The summed E-state index contributed by atoms with van der Waals surface area (Å²) in [6.45, 7) is 8.53. The zero-order chi connectivity index (χ0) is 22.8. The van der Waals surface area contributed by atoms with Crippen LogP contribution in [0.4, 0.5) is 4.39 Å². The van der Waals surface area contributed by atoms with Gasteiger partial charge in [0.15, 0.2) is 0 Å². The molecule has 3 aromatic rings. The third kappa shape index (κ3) is 4.97. The molecule has 3 nitrogen and oxygen atoms in total. The van der Waals surface area contributed by atoms with Crippen LogP contribution in [-0.4, -0.2) is 29.9 Å². The molecule has 1 fully saturated rings. The number of hydrogen-bond donors (Lipinski definition) is 1. The molecule has 4 rings (SSSR count). The van der Waals surface area contributed by atoms with Crippen LogP contribution in [0.2, 0.25) is 5.02 Å². The van der Waals surface area contributed by atoms with E-state index in [0.717, 1.165) is 25.9 Å². The van der Waals surface area contributed by atoms with E-state index in [-0.39, 0.29) is 17.0 Å². The van der Waals surface area contributed by atoms with E-state index >= 15 is 0 Å². The van der Waals surface area contributed by atoms with Gasteiger partial charge in [-0.3, -0.25) is 9.69 Å². The van der Waals surface area contributed by atoms with Gasteiger partial charge in [-0.05, 0) is 71.8 Å². The van der Waals surface area contributed by atoms with Crippen molar-refractivity contribution in [3.63, 3.8) is 0 Å². The maximum Gasteiger partial charge on any atom is 0.251 e. The lowest BCUT2D eigenvalue weighted by Crippen LogP contribution is -2.45. The van der Waals surface area contributed by atoms with Crippen molar-refractivity contribution in [2.45, 2.75) is 51.6 Å². The van der Waals surface area contributed by atoms with E-state index in [1.807, 2.05) is 0 Å². The second kappa shape index (κ2) is 9.60. The SMILES string of the molecule is CC(C)c1ccc2cc(C(C)N3CCC(NC(=O)c4ccc(F)c(Cl)c4)CC3)ccc2c1. The fourth-order valence-electron chi connectivity index (χ4n) is 4.45. The summed E-state index contributed by atoms with van der Waals surface area (Å²) in [7, 11) is 0. The van der Waals surface area contributed by atoms with Gasteiger partial charge in [0.25, 0.3) is 5.91 Å². The van der Waals surface area contributed by atoms with Crippen molar-refractivity contribution in [2.75, 3.05) is 13.1 Å². The Balaban J connectivity index is 1.36. The lowest BCUT2D eigenvalue weighted by Gasteiger charge is -2.36. The number of nitrogens with one attached hydrogen (secondary N) is 1. The van der Waals surface area contributed by atoms with Crippen molar-refractivity contribution in [1.82, 2.24) is 10.2 Å². The van der Waals surface area contributed by atoms with Crippen LogP contribution in [0.15, 0.2) is 54.6 Å². The summed E-state index contributed by atoms with van der Waals surface area (Å²) in [5.41, 5.74) is 3.08. The van der Waals surface area contributed by atoms with Gasteiger partial charge in [-0.15, -0.1) is 0 Å². The van der Waals surface area contributed by atoms with Crippen LogP contribution in [0.3, 0.4) is 0 Å². The molecule has 1 amide bonds. The summed E-state index contributed by atoms with van der Waals surface area (Å²) < 4.78 is 13.3. The van der Waals surface area contributed by atoms with Crippen molar-refractivity contribution in [3.05, 3.63) is 82.1 Å². The molecule has 1 aliphatic rings. The predicted octanol–water partition coefficient (Wildman–Crippen LogP) is 6.71. The minimum atomic E-state index is -0.514. The quantitative estimate of drug-likeness (QED) is 0.466. The van der Waals surface area contributed by atoms with Crippen molar-refractivity contribution < 1.29 is 9.18 Å². The predicted molar refractivity (Wildman–Crippen MR) is 130 cm³/mol. The number of rotatable bonds is 5. The van der Waals surface area contributed by atoms with Gasteiger partial charge in [0.2, 0.25) is 0 Å². The molecule has 1 saturated heterocycles. The summed E-state index contributed by atoms with van der Waals surface area (Å²) in [5, 5.41) is 5.61. The number of amides is 1. The molecule has 0 bridgehead atoms. The lowest BCUT2D eigenvalue weighted by molar-refractivity contribution is 0.0896. The van der Waals surface area contributed by atoms with E-state index in [9.17, 15) is 9.18 Å². The minimum Gasteiger partial charge on any atom is -0.349 e. The Bertz CT molecular complexity index is 1120. The van der Waals surface area contributed by atoms with Crippen molar-refractivity contribution in [1.29, 1.82) is 0 Å². The molecule has 0 aromatic heterocycles. The van der Waals surface area contributed by atoms with Gasteiger partial charge in [-0.1, -0.05) is 55.8 Å². The molecule has 5 heteroatoms. The molecule has 1 aliphatic heterocycles. The van der Waals surface area contributed by atoms with E-state index in [0.29, 0.717) is 17.5 Å². The fourth-order valence-corrected chi connectivity index (χ4v) is 4.63. The van der Waals surface area contributed by atoms with Crippen molar-refractivity contribution in [2.24, 2.45) is 0 Å². The van der Waals surface area contributed by atoms with E-state index in [2.05, 4.69) is 67.4 Å². The Morgan fingerprint density at radius 3 is 2.22 bits per heavy atom. The molecule has 3 aromatic carbocycles. The van der Waals surface area contributed by atoms with Gasteiger partial charge >= 0.3 is 0 Å². The van der Waals surface area contributed by atoms with Crippen LogP contribution in [0.5, 0.6) is 0 Å². The first-order chi connectivity index (χ1) is 15.3. The standard InChI is InChI=1S/C27H30ClFN2O/c1-17(2)19-4-6-22-15-20(5-7-21(22)14-19)18(3)31-12-10-24(11-13-31)30-27(32)23-8-9-26(29)25(28)16-23/h4-9,14-18,24H,10-13H2,1-3H3,(H,30,32). The summed E-state index contributed by atoms with van der Waals surface area (Å²) in [5.74, 6) is -0.187. The van der Waals surface area contributed by atoms with Crippen LogP contribution >= 0.6 is 11.6 Å². The Labute approximate surface area is 194 Å². The van der Waals surface area contributed by atoms with Gasteiger partial charge in [0, 0.05) is 30.7 Å². The number of nitrogens with zero attached hydrogens (tertiary/aromatic N) is 1. The third-order valence-electron chi connectivity index (χ3n) is 6.63. The number of piperidine rings is 1. The number of hydrogen-bond acceptors (Lipinski definition) is 2. The van der Waals surface area contributed by atoms with Crippen LogP contribution < -0.4 is 5.32 Å². The molecule has 1 atom stereocenters. The number of fused-ring (bicyclic) bond motifs is 1. The van der Waals surface area contributed by atoms with Crippen LogP contribution in [0.25, 0.3) is 10.8 Å². The molecule has 1 N–H and O–H groups in total. The maximum atomic E-state index is 13.3. The van der Waals surface area contributed by atoms with Gasteiger partial charge < -0.3 is 5.32 Å². The first-order valence-corrected chi connectivity index (χ1v) is 11.7. The summed E-state index contributed by atoms with van der Waals surface area (Å²) in [6, 6.07) is 18.0. The molecule has 1 unspecified atom stereocenters. The Morgan fingerprint density at radius 1 is 0.969 bits per heavy atom. The van der Waals surface area contributed by atoms with Crippen LogP contribution in [0, 0.1) is 5.82 Å². The van der Waals surface area contributed by atoms with Gasteiger partial charge in [0.05, 0.1) is 5.02 Å². The average Bonchev–Trinajstić information content (AvgIpc) is 2.80. The molecule has 0 radical (unpaired) electrons.